The highest BCUT2D eigenvalue weighted by molar-refractivity contribution is 7.94. The van der Waals surface area contributed by atoms with Crippen molar-refractivity contribution < 1.29 is 22.7 Å². The van der Waals surface area contributed by atoms with Crippen molar-refractivity contribution in [2.75, 3.05) is 0 Å². The maximum absolute atomic E-state index is 13.2. The van der Waals surface area contributed by atoms with Gasteiger partial charge < -0.3 is 9.52 Å². The number of hydrogen-bond donors (Lipinski definition) is 1. The molecule has 0 aliphatic rings. The van der Waals surface area contributed by atoms with Crippen molar-refractivity contribution in [3.63, 3.8) is 0 Å². The van der Waals surface area contributed by atoms with Crippen molar-refractivity contribution in [3.8, 4) is 0 Å². The minimum Gasteiger partial charge on any atom is -0.480 e. The molecule has 2 aromatic rings. The summed E-state index contributed by atoms with van der Waals surface area (Å²) in [6, 6.07) is 10.2. The van der Waals surface area contributed by atoms with Crippen LogP contribution in [0.5, 0.6) is 0 Å². The lowest BCUT2D eigenvalue weighted by Crippen LogP contribution is -2.47. The number of benzene rings is 1. The molecule has 1 N–H and O–H groups in total. The molecular formula is C18H20O5S. The van der Waals surface area contributed by atoms with E-state index in [0.29, 0.717) is 16.9 Å². The van der Waals surface area contributed by atoms with E-state index in [2.05, 4.69) is 6.58 Å². The zero-order valence-electron chi connectivity index (χ0n) is 13.6. The van der Waals surface area contributed by atoms with Gasteiger partial charge in [-0.05, 0) is 25.5 Å². The molecular weight excluding hydrogens is 328 g/mol. The highest BCUT2D eigenvalue weighted by Crippen LogP contribution is 2.37. The number of rotatable bonds is 7. The first-order valence-electron chi connectivity index (χ1n) is 7.41. The van der Waals surface area contributed by atoms with Crippen LogP contribution in [0, 0.1) is 6.92 Å². The molecule has 0 radical (unpaired) electrons. The fourth-order valence-electron chi connectivity index (χ4n) is 2.67. The van der Waals surface area contributed by atoms with Crippen LogP contribution in [0.4, 0.5) is 0 Å². The van der Waals surface area contributed by atoms with Gasteiger partial charge in [0.1, 0.15) is 11.0 Å². The Morgan fingerprint density at radius 2 is 1.96 bits per heavy atom. The quantitative estimate of drug-likeness (QED) is 0.776. The molecule has 1 heterocycles. The molecule has 2 atom stereocenters. The Kier molecular flexibility index (Phi) is 4.99. The van der Waals surface area contributed by atoms with Gasteiger partial charge in [0.25, 0.3) is 0 Å². The average Bonchev–Trinajstić information content (AvgIpc) is 2.94. The van der Waals surface area contributed by atoms with E-state index in [0.717, 1.165) is 0 Å². The first-order valence-corrected chi connectivity index (χ1v) is 8.96. The Labute approximate surface area is 141 Å². The van der Waals surface area contributed by atoms with Gasteiger partial charge in [0.2, 0.25) is 0 Å². The van der Waals surface area contributed by atoms with E-state index >= 15 is 0 Å². The van der Waals surface area contributed by atoms with Crippen LogP contribution in [0.15, 0.2) is 59.7 Å². The summed E-state index contributed by atoms with van der Waals surface area (Å²) in [6.07, 6.45) is 2.50. The van der Waals surface area contributed by atoms with Gasteiger partial charge in [-0.25, -0.2) is 8.42 Å². The summed E-state index contributed by atoms with van der Waals surface area (Å²) in [5, 5.41) is 8.55. The Bertz CT molecular complexity index is 835. The summed E-state index contributed by atoms with van der Waals surface area (Å²) in [5.74, 6) is -0.963. The molecule has 24 heavy (non-hydrogen) atoms. The highest BCUT2D eigenvalue weighted by atomic mass is 32.2. The third-order valence-corrected chi connectivity index (χ3v) is 6.91. The molecule has 0 spiro atoms. The summed E-state index contributed by atoms with van der Waals surface area (Å²) in [7, 11) is -4.13. The molecule has 5 nitrogen and oxygen atoms in total. The number of hydrogen-bond acceptors (Lipinski definition) is 4. The SMILES string of the molecule is C=CC(c1ccoc1C)S(=O)(=O)C(C)(Cc1ccccc1)C(=O)O. The predicted octanol–water partition coefficient (Wildman–Crippen LogP) is 3.32. The number of sulfone groups is 1. The largest absolute Gasteiger partial charge is 0.480 e. The maximum atomic E-state index is 13.2. The Morgan fingerprint density at radius 1 is 1.33 bits per heavy atom. The zero-order chi connectivity index (χ0) is 18.0. The maximum Gasteiger partial charge on any atom is 0.325 e. The summed E-state index contributed by atoms with van der Waals surface area (Å²) < 4.78 is 29.6. The van der Waals surface area contributed by atoms with E-state index in [1.807, 2.05) is 0 Å². The van der Waals surface area contributed by atoms with E-state index in [-0.39, 0.29) is 6.42 Å². The van der Waals surface area contributed by atoms with E-state index < -0.39 is 25.8 Å². The lowest BCUT2D eigenvalue weighted by Gasteiger charge is -2.28. The molecule has 1 aromatic carbocycles. The van der Waals surface area contributed by atoms with Crippen molar-refractivity contribution in [1.29, 1.82) is 0 Å². The Hall–Kier alpha value is -2.34. The summed E-state index contributed by atoms with van der Waals surface area (Å²) in [5.41, 5.74) is 1.04. The Balaban J connectivity index is 2.54. The van der Waals surface area contributed by atoms with Gasteiger partial charge in [-0.1, -0.05) is 36.4 Å². The normalized spacial score (nSPS) is 15.4. The second-order valence-electron chi connectivity index (χ2n) is 5.83. The van der Waals surface area contributed by atoms with Crippen LogP contribution in [-0.4, -0.2) is 24.2 Å². The first kappa shape index (κ1) is 18.0. The van der Waals surface area contributed by atoms with Gasteiger partial charge in [0.15, 0.2) is 14.6 Å². The second-order valence-corrected chi connectivity index (χ2v) is 8.33. The van der Waals surface area contributed by atoms with E-state index in [9.17, 15) is 18.3 Å². The third kappa shape index (κ3) is 3.01. The lowest BCUT2D eigenvalue weighted by atomic mass is 10.0. The topological polar surface area (TPSA) is 84.6 Å². The van der Waals surface area contributed by atoms with Crippen molar-refractivity contribution in [2.24, 2.45) is 0 Å². The van der Waals surface area contributed by atoms with Crippen LogP contribution in [-0.2, 0) is 21.1 Å². The minimum absolute atomic E-state index is 0.132. The van der Waals surface area contributed by atoms with Gasteiger partial charge in [0, 0.05) is 12.0 Å². The van der Waals surface area contributed by atoms with E-state index in [1.165, 1.54) is 25.3 Å². The molecule has 2 unspecified atom stereocenters. The standard InChI is InChI=1S/C18H20O5S/c1-4-16(15-10-11-23-13(15)2)24(21,22)18(3,17(19)20)12-14-8-6-5-7-9-14/h4-11,16H,1,12H2,2-3H3,(H,19,20). The fourth-order valence-corrected chi connectivity index (χ4v) is 4.68. The molecule has 0 aliphatic heterocycles. The summed E-state index contributed by atoms with van der Waals surface area (Å²) in [6.45, 7) is 6.47. The van der Waals surface area contributed by atoms with Crippen LogP contribution in [0.1, 0.15) is 29.1 Å². The van der Waals surface area contributed by atoms with Crippen molar-refractivity contribution in [2.45, 2.75) is 30.3 Å². The van der Waals surface area contributed by atoms with Crippen molar-refractivity contribution in [1.82, 2.24) is 0 Å². The third-order valence-electron chi connectivity index (χ3n) is 4.22. The Morgan fingerprint density at radius 3 is 2.42 bits per heavy atom. The van der Waals surface area contributed by atoms with Gasteiger partial charge in [-0.2, -0.15) is 0 Å². The van der Waals surface area contributed by atoms with Crippen molar-refractivity contribution >= 4 is 15.8 Å². The zero-order valence-corrected chi connectivity index (χ0v) is 14.4. The van der Waals surface area contributed by atoms with Gasteiger partial charge in [0.05, 0.1) is 6.26 Å². The van der Waals surface area contributed by atoms with E-state index in [1.54, 1.807) is 37.3 Å². The molecule has 0 bridgehead atoms. The van der Waals surface area contributed by atoms with Crippen LogP contribution in [0.3, 0.4) is 0 Å². The van der Waals surface area contributed by atoms with Gasteiger partial charge in [-0.15, -0.1) is 6.58 Å². The van der Waals surface area contributed by atoms with Crippen LogP contribution in [0.25, 0.3) is 0 Å². The second kappa shape index (κ2) is 6.65. The fraction of sp³-hybridized carbons (Fsp3) is 0.278. The smallest absolute Gasteiger partial charge is 0.325 e. The number of furan rings is 1. The number of aliphatic carboxylic acids is 1. The predicted molar refractivity (Wildman–Crippen MR) is 91.5 cm³/mol. The average molecular weight is 348 g/mol. The molecule has 0 saturated heterocycles. The van der Waals surface area contributed by atoms with Gasteiger partial charge in [-0.3, -0.25) is 4.79 Å². The first-order chi connectivity index (χ1) is 11.2. The molecule has 0 fully saturated rings. The summed E-state index contributed by atoms with van der Waals surface area (Å²) in [4.78, 5) is 11.9. The highest BCUT2D eigenvalue weighted by Gasteiger charge is 2.50. The van der Waals surface area contributed by atoms with Crippen molar-refractivity contribution in [3.05, 3.63) is 72.2 Å². The number of carbonyl (C=O) groups is 1. The molecule has 128 valence electrons. The molecule has 0 saturated carbocycles. The lowest BCUT2D eigenvalue weighted by molar-refractivity contribution is -0.139. The minimum atomic E-state index is -4.13. The van der Waals surface area contributed by atoms with Crippen LogP contribution in [0.2, 0.25) is 0 Å². The number of carboxylic acid groups (broad SMARTS) is 1. The van der Waals surface area contributed by atoms with Gasteiger partial charge >= 0.3 is 5.97 Å². The number of carboxylic acids is 1. The molecule has 0 amide bonds. The van der Waals surface area contributed by atoms with Crippen LogP contribution >= 0.6 is 0 Å². The molecule has 2 rings (SSSR count). The molecule has 0 aliphatic carbocycles. The van der Waals surface area contributed by atoms with E-state index in [4.69, 9.17) is 4.42 Å². The number of aryl methyl sites for hydroxylation is 1. The molecule has 6 heteroatoms. The van der Waals surface area contributed by atoms with Crippen LogP contribution < -0.4 is 0 Å². The molecule has 1 aromatic heterocycles. The monoisotopic (exact) mass is 348 g/mol. The summed E-state index contributed by atoms with van der Waals surface area (Å²) >= 11 is 0.